The Morgan fingerprint density at radius 1 is 1.22 bits per heavy atom. The second-order valence-corrected chi connectivity index (χ2v) is 8.27. The van der Waals surface area contributed by atoms with Crippen molar-refractivity contribution in [3.8, 4) is 0 Å². The van der Waals surface area contributed by atoms with E-state index in [0.717, 1.165) is 25.1 Å². The second kappa shape index (κ2) is 9.62. The van der Waals surface area contributed by atoms with E-state index < -0.39 is 0 Å². The molecule has 3 nitrogen and oxygen atoms in total. The Labute approximate surface area is 152 Å². The fraction of sp³-hybridized carbons (Fsp3) is 0.471. The SMILES string of the molecule is Cl.O=C(NCC1=CCNCC1)c1ccc(C2SCCCS2)cc1. The molecule has 1 fully saturated rings. The van der Waals surface area contributed by atoms with Gasteiger partial charge in [-0.05, 0) is 48.6 Å². The van der Waals surface area contributed by atoms with E-state index in [4.69, 9.17) is 0 Å². The van der Waals surface area contributed by atoms with Gasteiger partial charge in [-0.3, -0.25) is 4.79 Å². The van der Waals surface area contributed by atoms with Gasteiger partial charge in [0, 0.05) is 18.7 Å². The Kier molecular flexibility index (Phi) is 7.83. The minimum Gasteiger partial charge on any atom is -0.348 e. The van der Waals surface area contributed by atoms with E-state index >= 15 is 0 Å². The predicted molar refractivity (Wildman–Crippen MR) is 104 cm³/mol. The summed E-state index contributed by atoms with van der Waals surface area (Å²) in [6, 6.07) is 8.12. The Balaban J connectivity index is 0.00000192. The molecule has 1 saturated heterocycles. The molecule has 6 heteroatoms. The van der Waals surface area contributed by atoms with Gasteiger partial charge in [-0.15, -0.1) is 35.9 Å². The number of rotatable bonds is 4. The molecule has 2 aliphatic heterocycles. The number of thioether (sulfide) groups is 2. The summed E-state index contributed by atoms with van der Waals surface area (Å²) in [5, 5.41) is 6.30. The third-order valence-electron chi connectivity index (χ3n) is 3.91. The lowest BCUT2D eigenvalue weighted by Crippen LogP contribution is -2.29. The van der Waals surface area contributed by atoms with Gasteiger partial charge in [0.25, 0.3) is 5.91 Å². The van der Waals surface area contributed by atoms with E-state index in [2.05, 4.69) is 28.8 Å². The topological polar surface area (TPSA) is 41.1 Å². The van der Waals surface area contributed by atoms with E-state index in [0.29, 0.717) is 11.1 Å². The largest absolute Gasteiger partial charge is 0.348 e. The molecule has 0 saturated carbocycles. The predicted octanol–water partition coefficient (Wildman–Crippen LogP) is 3.63. The van der Waals surface area contributed by atoms with Gasteiger partial charge in [-0.25, -0.2) is 0 Å². The first-order chi connectivity index (χ1) is 10.8. The average Bonchev–Trinajstić information content (AvgIpc) is 2.61. The van der Waals surface area contributed by atoms with Gasteiger partial charge in [0.2, 0.25) is 0 Å². The van der Waals surface area contributed by atoms with E-state index in [1.807, 2.05) is 35.7 Å². The summed E-state index contributed by atoms with van der Waals surface area (Å²) in [4.78, 5) is 12.2. The first-order valence-electron chi connectivity index (χ1n) is 7.83. The first kappa shape index (κ1) is 18.7. The number of hydrogen-bond acceptors (Lipinski definition) is 4. The monoisotopic (exact) mass is 370 g/mol. The van der Waals surface area contributed by atoms with Crippen molar-refractivity contribution in [1.82, 2.24) is 10.6 Å². The molecular formula is C17H23ClN2OS2. The molecule has 2 N–H and O–H groups in total. The summed E-state index contributed by atoms with van der Waals surface area (Å²) >= 11 is 4.02. The van der Waals surface area contributed by atoms with Crippen molar-refractivity contribution < 1.29 is 4.79 Å². The third kappa shape index (κ3) is 5.45. The van der Waals surface area contributed by atoms with Crippen molar-refractivity contribution in [2.75, 3.05) is 31.1 Å². The van der Waals surface area contributed by atoms with Gasteiger partial charge in [0.15, 0.2) is 0 Å². The molecule has 0 atom stereocenters. The molecule has 0 radical (unpaired) electrons. The number of hydrogen-bond donors (Lipinski definition) is 2. The van der Waals surface area contributed by atoms with Gasteiger partial charge in [-0.1, -0.05) is 23.8 Å². The molecule has 3 rings (SSSR count). The van der Waals surface area contributed by atoms with Crippen molar-refractivity contribution in [2.45, 2.75) is 17.4 Å². The molecule has 0 bridgehead atoms. The fourth-order valence-electron chi connectivity index (χ4n) is 2.60. The fourth-order valence-corrected chi connectivity index (χ4v) is 5.49. The molecule has 1 aromatic carbocycles. The summed E-state index contributed by atoms with van der Waals surface area (Å²) in [7, 11) is 0. The van der Waals surface area contributed by atoms with E-state index in [1.165, 1.54) is 29.1 Å². The number of amides is 1. The maximum Gasteiger partial charge on any atom is 0.251 e. The van der Waals surface area contributed by atoms with Crippen LogP contribution in [0.15, 0.2) is 35.9 Å². The highest BCUT2D eigenvalue weighted by atomic mass is 35.5. The Bertz CT molecular complexity index is 542. The van der Waals surface area contributed by atoms with Crippen molar-refractivity contribution in [3.05, 3.63) is 47.0 Å². The van der Waals surface area contributed by atoms with Crippen molar-refractivity contribution in [1.29, 1.82) is 0 Å². The molecule has 126 valence electrons. The number of carbonyl (C=O) groups is 1. The highest BCUT2D eigenvalue weighted by molar-refractivity contribution is 8.16. The number of carbonyl (C=O) groups excluding carboxylic acids is 1. The molecule has 23 heavy (non-hydrogen) atoms. The lowest BCUT2D eigenvalue weighted by molar-refractivity contribution is 0.0956. The number of halogens is 1. The van der Waals surface area contributed by atoms with Gasteiger partial charge in [-0.2, -0.15) is 0 Å². The Morgan fingerprint density at radius 2 is 1.96 bits per heavy atom. The van der Waals surface area contributed by atoms with Crippen LogP contribution in [0.5, 0.6) is 0 Å². The van der Waals surface area contributed by atoms with Crippen LogP contribution in [0, 0.1) is 0 Å². The molecule has 2 heterocycles. The van der Waals surface area contributed by atoms with Gasteiger partial charge in [0.1, 0.15) is 0 Å². The molecule has 0 aromatic heterocycles. The number of benzene rings is 1. The van der Waals surface area contributed by atoms with Crippen LogP contribution in [-0.4, -0.2) is 37.0 Å². The van der Waals surface area contributed by atoms with Crippen LogP contribution in [-0.2, 0) is 0 Å². The lowest BCUT2D eigenvalue weighted by atomic mass is 10.1. The molecule has 1 aromatic rings. The minimum absolute atomic E-state index is 0. The van der Waals surface area contributed by atoms with E-state index in [9.17, 15) is 4.79 Å². The third-order valence-corrected chi connectivity index (χ3v) is 6.92. The van der Waals surface area contributed by atoms with Gasteiger partial charge < -0.3 is 10.6 Å². The summed E-state index contributed by atoms with van der Waals surface area (Å²) in [5.74, 6) is 2.50. The molecule has 0 spiro atoms. The smallest absolute Gasteiger partial charge is 0.251 e. The van der Waals surface area contributed by atoms with Crippen LogP contribution in [0.3, 0.4) is 0 Å². The van der Waals surface area contributed by atoms with Crippen molar-refractivity contribution >= 4 is 41.8 Å². The van der Waals surface area contributed by atoms with Crippen molar-refractivity contribution in [2.24, 2.45) is 0 Å². The Hall–Kier alpha value is -0.620. The first-order valence-corrected chi connectivity index (χ1v) is 9.93. The molecule has 0 unspecified atom stereocenters. The van der Waals surface area contributed by atoms with Crippen LogP contribution in [0.1, 0.15) is 33.3 Å². The minimum atomic E-state index is 0. The Morgan fingerprint density at radius 3 is 2.61 bits per heavy atom. The lowest BCUT2D eigenvalue weighted by Gasteiger charge is -2.21. The molecule has 0 aliphatic carbocycles. The van der Waals surface area contributed by atoms with E-state index in [1.54, 1.807) is 0 Å². The van der Waals surface area contributed by atoms with Crippen LogP contribution in [0.25, 0.3) is 0 Å². The average molecular weight is 371 g/mol. The highest BCUT2D eigenvalue weighted by Crippen LogP contribution is 2.43. The summed E-state index contributed by atoms with van der Waals surface area (Å²) in [5.41, 5.74) is 3.40. The zero-order valence-corrected chi connectivity index (χ0v) is 15.5. The van der Waals surface area contributed by atoms with Crippen LogP contribution < -0.4 is 10.6 Å². The highest BCUT2D eigenvalue weighted by Gasteiger charge is 2.17. The van der Waals surface area contributed by atoms with E-state index in [-0.39, 0.29) is 18.3 Å². The quantitative estimate of drug-likeness (QED) is 0.794. The van der Waals surface area contributed by atoms with Gasteiger partial charge >= 0.3 is 0 Å². The maximum atomic E-state index is 12.2. The van der Waals surface area contributed by atoms with Gasteiger partial charge in [0.05, 0.1) is 4.58 Å². The number of nitrogens with one attached hydrogen (secondary N) is 2. The zero-order valence-electron chi connectivity index (χ0n) is 13.0. The summed E-state index contributed by atoms with van der Waals surface area (Å²) in [6.07, 6.45) is 4.50. The standard InChI is InChI=1S/C17H22N2OS2.ClH/c20-16(19-12-13-6-8-18-9-7-13)14-2-4-15(5-3-14)17-21-10-1-11-22-17;/h2-6,17-18H,1,7-12H2,(H,19,20);1H. The zero-order chi connectivity index (χ0) is 15.2. The molecule has 2 aliphatic rings. The molecule has 1 amide bonds. The van der Waals surface area contributed by atoms with Crippen LogP contribution >= 0.6 is 35.9 Å². The van der Waals surface area contributed by atoms with Crippen molar-refractivity contribution in [3.63, 3.8) is 0 Å². The van der Waals surface area contributed by atoms with Crippen LogP contribution in [0.2, 0.25) is 0 Å². The normalized spacial score (nSPS) is 18.7. The summed E-state index contributed by atoms with van der Waals surface area (Å²) in [6.45, 7) is 2.58. The maximum absolute atomic E-state index is 12.2. The summed E-state index contributed by atoms with van der Waals surface area (Å²) < 4.78 is 0.533. The molecular weight excluding hydrogens is 348 g/mol. The van der Waals surface area contributed by atoms with Crippen LogP contribution in [0.4, 0.5) is 0 Å². The second-order valence-electron chi connectivity index (χ2n) is 5.55.